The van der Waals surface area contributed by atoms with E-state index < -0.39 is 27.4 Å². The topological polar surface area (TPSA) is 87.1 Å². The number of fused-ring (bicyclic) bond motifs is 1. The maximum atomic E-state index is 14.1. The van der Waals surface area contributed by atoms with Crippen LogP contribution in [0.15, 0.2) is 25.3 Å². The van der Waals surface area contributed by atoms with Crippen LogP contribution in [-0.4, -0.2) is 80.6 Å². The van der Waals surface area contributed by atoms with Gasteiger partial charge in [0, 0.05) is 23.9 Å². The number of aliphatic hydroxyl groups is 1. The summed E-state index contributed by atoms with van der Waals surface area (Å²) < 4.78 is 4.48. The molecule has 3 aliphatic rings. The molecule has 0 aromatic rings. The Balaban J connectivity index is 1.97. The van der Waals surface area contributed by atoms with Crippen LogP contribution in [-0.2, 0) is 19.1 Å². The molecule has 3 rings (SSSR count). The van der Waals surface area contributed by atoms with Gasteiger partial charge in [-0.1, -0.05) is 25.5 Å². The second-order valence-corrected chi connectivity index (χ2v) is 11.9. The number of hydrogen-bond acceptors (Lipinski definition) is 6. The average molecular weight is 493 g/mol. The fourth-order valence-corrected chi connectivity index (χ4v) is 8.60. The van der Waals surface area contributed by atoms with Crippen LogP contribution in [0.5, 0.6) is 0 Å². The van der Waals surface area contributed by atoms with E-state index in [-0.39, 0.29) is 37.0 Å². The summed E-state index contributed by atoms with van der Waals surface area (Å²) in [7, 11) is 0. The maximum absolute atomic E-state index is 14.1. The van der Waals surface area contributed by atoms with Crippen molar-refractivity contribution in [2.24, 2.45) is 11.8 Å². The molecule has 1 N–H and O–H groups in total. The quantitative estimate of drug-likeness (QED) is 0.241. The number of carbonyl (C=O) groups excluding carboxylic acids is 3. The zero-order valence-electron chi connectivity index (χ0n) is 20.8. The van der Waals surface area contributed by atoms with Crippen molar-refractivity contribution < 1.29 is 24.2 Å². The highest BCUT2D eigenvalue weighted by molar-refractivity contribution is 8.02. The molecule has 2 amide bonds. The van der Waals surface area contributed by atoms with Gasteiger partial charge in [0.15, 0.2) is 0 Å². The van der Waals surface area contributed by atoms with Gasteiger partial charge in [-0.2, -0.15) is 0 Å². The molecule has 3 heterocycles. The van der Waals surface area contributed by atoms with Gasteiger partial charge in [0.25, 0.3) is 0 Å². The maximum Gasteiger partial charge on any atom is 0.311 e. The van der Waals surface area contributed by atoms with E-state index >= 15 is 0 Å². The van der Waals surface area contributed by atoms with E-state index in [2.05, 4.69) is 20.1 Å². The van der Waals surface area contributed by atoms with Gasteiger partial charge < -0.3 is 19.6 Å². The number of ether oxygens (including phenoxy) is 1. The van der Waals surface area contributed by atoms with E-state index in [9.17, 15) is 19.5 Å². The molecule has 6 atom stereocenters. The van der Waals surface area contributed by atoms with Gasteiger partial charge in [0.1, 0.15) is 6.04 Å². The smallest absolute Gasteiger partial charge is 0.311 e. The van der Waals surface area contributed by atoms with Crippen molar-refractivity contribution >= 4 is 29.5 Å². The molecule has 3 unspecified atom stereocenters. The molecule has 34 heavy (non-hydrogen) atoms. The first-order chi connectivity index (χ1) is 16.2. The van der Waals surface area contributed by atoms with Crippen LogP contribution in [0.25, 0.3) is 0 Å². The first-order valence-corrected chi connectivity index (χ1v) is 13.3. The Hall–Kier alpha value is -1.80. The lowest BCUT2D eigenvalue weighted by Gasteiger charge is -2.39. The lowest BCUT2D eigenvalue weighted by Crippen LogP contribution is -2.56. The molecule has 0 radical (unpaired) electrons. The minimum absolute atomic E-state index is 0.00170. The van der Waals surface area contributed by atoms with Crippen molar-refractivity contribution in [3.05, 3.63) is 25.3 Å². The van der Waals surface area contributed by atoms with Gasteiger partial charge in [0.2, 0.25) is 11.8 Å². The van der Waals surface area contributed by atoms with E-state index in [1.54, 1.807) is 23.9 Å². The molecule has 0 aromatic carbocycles. The monoisotopic (exact) mass is 492 g/mol. The van der Waals surface area contributed by atoms with E-state index in [4.69, 9.17) is 4.74 Å². The molecule has 3 aliphatic heterocycles. The number of aliphatic hydroxyl groups excluding tert-OH is 1. The minimum Gasteiger partial charge on any atom is -0.465 e. The Kier molecular flexibility index (Phi) is 8.56. The Morgan fingerprint density at radius 1 is 1.35 bits per heavy atom. The highest BCUT2D eigenvalue weighted by Gasteiger charge is 2.77. The Labute approximate surface area is 208 Å². The molecule has 2 bridgehead atoms. The van der Waals surface area contributed by atoms with E-state index in [1.807, 2.05) is 18.7 Å². The largest absolute Gasteiger partial charge is 0.465 e. The lowest BCUT2D eigenvalue weighted by atomic mass is 9.66. The number of β-amino-alcohol motifs (C(OH)–C–C–N with tert-alkyl or cyclic N) is 1. The summed E-state index contributed by atoms with van der Waals surface area (Å²) in [4.78, 5) is 44.5. The fourth-order valence-electron chi connectivity index (χ4n) is 6.26. The summed E-state index contributed by atoms with van der Waals surface area (Å²) in [5, 5.41) is 9.76. The number of nitrogens with zero attached hydrogens (tertiary/aromatic N) is 2. The average Bonchev–Trinajstić information content (AvgIpc) is 3.36. The summed E-state index contributed by atoms with van der Waals surface area (Å²) in [5.74, 6) is -1.88. The molecular formula is C26H40N2O5S. The van der Waals surface area contributed by atoms with Crippen LogP contribution < -0.4 is 0 Å². The molecule has 0 aliphatic carbocycles. The Bertz CT molecular complexity index is 819. The molecule has 8 heteroatoms. The molecule has 0 saturated carbocycles. The molecule has 0 aromatic heterocycles. The Morgan fingerprint density at radius 2 is 2.09 bits per heavy atom. The third-order valence-corrected chi connectivity index (χ3v) is 9.74. The van der Waals surface area contributed by atoms with Gasteiger partial charge in [-0.25, -0.2) is 0 Å². The summed E-state index contributed by atoms with van der Waals surface area (Å²) in [6.45, 7) is 14.2. The van der Waals surface area contributed by atoms with E-state index in [0.29, 0.717) is 26.0 Å². The lowest BCUT2D eigenvalue weighted by molar-refractivity contribution is -0.155. The van der Waals surface area contributed by atoms with Gasteiger partial charge >= 0.3 is 5.97 Å². The highest BCUT2D eigenvalue weighted by Crippen LogP contribution is 2.71. The molecule has 7 nitrogen and oxygen atoms in total. The van der Waals surface area contributed by atoms with Crippen LogP contribution in [0.2, 0.25) is 0 Å². The predicted molar refractivity (Wildman–Crippen MR) is 134 cm³/mol. The van der Waals surface area contributed by atoms with Crippen LogP contribution >= 0.6 is 11.8 Å². The van der Waals surface area contributed by atoms with Crippen LogP contribution in [0.4, 0.5) is 0 Å². The number of hydrogen-bond donors (Lipinski definition) is 1. The predicted octanol–water partition coefficient (Wildman–Crippen LogP) is 3.17. The zero-order chi connectivity index (χ0) is 25.1. The second kappa shape index (κ2) is 10.9. The fraction of sp³-hybridized carbons (Fsp3) is 0.731. The van der Waals surface area contributed by atoms with Crippen molar-refractivity contribution in [3.63, 3.8) is 0 Å². The third-order valence-electron chi connectivity index (χ3n) is 7.75. The van der Waals surface area contributed by atoms with E-state index in [0.717, 1.165) is 25.7 Å². The normalized spacial score (nSPS) is 32.4. The van der Waals surface area contributed by atoms with Gasteiger partial charge in [-0.3, -0.25) is 14.4 Å². The molecule has 3 fully saturated rings. The van der Waals surface area contributed by atoms with Crippen molar-refractivity contribution in [2.45, 2.75) is 80.9 Å². The molecule has 190 valence electrons. The summed E-state index contributed by atoms with van der Waals surface area (Å²) in [6, 6.07) is -0.705. The minimum atomic E-state index is -0.707. The van der Waals surface area contributed by atoms with Crippen molar-refractivity contribution in [1.29, 1.82) is 0 Å². The van der Waals surface area contributed by atoms with Crippen LogP contribution in [0.1, 0.15) is 59.3 Å². The second-order valence-electron chi connectivity index (χ2n) is 10.00. The first-order valence-electron chi connectivity index (χ1n) is 12.5. The van der Waals surface area contributed by atoms with Gasteiger partial charge in [0.05, 0.1) is 29.8 Å². The van der Waals surface area contributed by atoms with Gasteiger partial charge in [-0.15, -0.1) is 24.9 Å². The SMILES string of the molecule is C=CCCCOC(=O)[C@@H]1[C@H]2C(=O)N(CCO)C(C(=O)N(CC=C)C(C)CCC)C23CC[C@@]1(C)S3. The number of rotatable bonds is 13. The third kappa shape index (κ3) is 4.43. The van der Waals surface area contributed by atoms with E-state index in [1.165, 1.54) is 4.90 Å². The summed E-state index contributed by atoms with van der Waals surface area (Å²) in [6.07, 6.45) is 8.18. The summed E-state index contributed by atoms with van der Waals surface area (Å²) >= 11 is 1.63. The number of likely N-dealkylation sites (tertiary alicyclic amines) is 1. The number of unbranched alkanes of at least 4 members (excludes halogenated alkanes) is 1. The molecule has 3 saturated heterocycles. The number of carbonyl (C=O) groups is 3. The van der Waals surface area contributed by atoms with Crippen LogP contribution in [0, 0.1) is 11.8 Å². The Morgan fingerprint density at radius 3 is 2.71 bits per heavy atom. The highest BCUT2D eigenvalue weighted by atomic mass is 32.2. The number of amides is 2. The van der Waals surface area contributed by atoms with Crippen molar-refractivity contribution in [3.8, 4) is 0 Å². The van der Waals surface area contributed by atoms with Crippen molar-refractivity contribution in [2.75, 3.05) is 26.3 Å². The molecule has 1 spiro atoms. The van der Waals surface area contributed by atoms with Crippen molar-refractivity contribution in [1.82, 2.24) is 9.80 Å². The standard InChI is InChI=1S/C26H40N2O5S/c1-6-9-10-17-33-24(32)20-19-22(30)28(15-16-29)21(26(19)13-12-25(20,5)34-26)23(31)27(14-8-3)18(4)11-7-2/h6,8,18-21,29H,1,3,7,9-17H2,2,4-5H3/t18?,19-,20-,21?,25+,26?/m0/s1. The summed E-state index contributed by atoms with van der Waals surface area (Å²) in [5.41, 5.74) is 0. The molecular weight excluding hydrogens is 452 g/mol. The number of allylic oxidation sites excluding steroid dienone is 1. The first kappa shape index (κ1) is 26.8. The van der Waals surface area contributed by atoms with Gasteiger partial charge in [-0.05, 0) is 46.0 Å². The zero-order valence-corrected chi connectivity index (χ0v) is 21.6. The van der Waals surface area contributed by atoms with Crippen LogP contribution in [0.3, 0.4) is 0 Å². The number of thioether (sulfide) groups is 1. The number of esters is 1.